The third kappa shape index (κ3) is 3.20. The van der Waals surface area contributed by atoms with E-state index in [1.165, 1.54) is 0 Å². The van der Waals surface area contributed by atoms with Crippen molar-refractivity contribution < 1.29 is 9.90 Å². The predicted octanol–water partition coefficient (Wildman–Crippen LogP) is 2.52. The molecule has 0 atom stereocenters. The lowest BCUT2D eigenvalue weighted by molar-refractivity contribution is 0.0971. The first-order valence-electron chi connectivity index (χ1n) is 7.66. The SMILES string of the molecule is Cn1/c(=N/CCO)n(CC(=O)c2ccc(Br)cc2)c2ccccc21. The highest BCUT2D eigenvalue weighted by molar-refractivity contribution is 9.10. The Balaban J connectivity index is 2.07. The summed E-state index contributed by atoms with van der Waals surface area (Å²) < 4.78 is 4.78. The van der Waals surface area contributed by atoms with Crippen molar-refractivity contribution in [3.05, 3.63) is 64.2 Å². The van der Waals surface area contributed by atoms with Crippen molar-refractivity contribution in [1.29, 1.82) is 0 Å². The zero-order valence-electron chi connectivity index (χ0n) is 13.3. The van der Waals surface area contributed by atoms with Gasteiger partial charge in [-0.1, -0.05) is 40.2 Å². The molecule has 2 aromatic carbocycles. The summed E-state index contributed by atoms with van der Waals surface area (Å²) in [6, 6.07) is 15.2. The first kappa shape index (κ1) is 16.7. The van der Waals surface area contributed by atoms with E-state index < -0.39 is 0 Å². The summed E-state index contributed by atoms with van der Waals surface area (Å²) in [5.41, 5.74) is 3.28. The van der Waals surface area contributed by atoms with E-state index in [0.29, 0.717) is 17.7 Å². The Kier molecular flexibility index (Phi) is 4.97. The summed E-state index contributed by atoms with van der Waals surface area (Å²) in [5.74, 6) is 0.0179. The van der Waals surface area contributed by atoms with Crippen molar-refractivity contribution in [1.82, 2.24) is 9.13 Å². The number of halogens is 1. The minimum Gasteiger partial charge on any atom is -0.394 e. The van der Waals surface area contributed by atoms with E-state index >= 15 is 0 Å². The van der Waals surface area contributed by atoms with E-state index in [9.17, 15) is 4.79 Å². The van der Waals surface area contributed by atoms with E-state index in [4.69, 9.17) is 5.11 Å². The van der Waals surface area contributed by atoms with E-state index in [0.717, 1.165) is 15.5 Å². The van der Waals surface area contributed by atoms with Gasteiger partial charge < -0.3 is 14.2 Å². The van der Waals surface area contributed by atoms with Crippen molar-refractivity contribution in [3.8, 4) is 0 Å². The summed E-state index contributed by atoms with van der Waals surface area (Å²) in [5, 5.41) is 9.09. The number of carbonyl (C=O) groups excluding carboxylic acids is 1. The molecule has 0 saturated heterocycles. The van der Waals surface area contributed by atoms with Gasteiger partial charge in [-0.05, 0) is 24.3 Å². The average Bonchev–Trinajstić information content (AvgIpc) is 2.86. The maximum atomic E-state index is 12.7. The number of hydrogen-bond acceptors (Lipinski definition) is 3. The zero-order chi connectivity index (χ0) is 17.1. The van der Waals surface area contributed by atoms with Gasteiger partial charge in [0.25, 0.3) is 0 Å². The fraction of sp³-hybridized carbons (Fsp3) is 0.222. The number of rotatable bonds is 5. The normalized spacial score (nSPS) is 12.0. The highest BCUT2D eigenvalue weighted by Gasteiger charge is 2.13. The van der Waals surface area contributed by atoms with Crippen LogP contribution in [0.4, 0.5) is 0 Å². The molecule has 0 aliphatic heterocycles. The highest BCUT2D eigenvalue weighted by Crippen LogP contribution is 2.14. The second kappa shape index (κ2) is 7.15. The van der Waals surface area contributed by atoms with E-state index in [2.05, 4.69) is 20.9 Å². The third-order valence-electron chi connectivity index (χ3n) is 3.90. The van der Waals surface area contributed by atoms with Crippen molar-refractivity contribution in [2.75, 3.05) is 13.2 Å². The molecule has 1 N–H and O–H groups in total. The first-order valence-corrected chi connectivity index (χ1v) is 8.45. The lowest BCUT2D eigenvalue weighted by Crippen LogP contribution is -2.28. The molecule has 0 aliphatic carbocycles. The maximum Gasteiger partial charge on any atom is 0.206 e. The molecular weight excluding hydrogens is 370 g/mol. The van der Waals surface area contributed by atoms with Gasteiger partial charge in [0.05, 0.1) is 30.7 Å². The first-order chi connectivity index (χ1) is 11.6. The number of hydrogen-bond donors (Lipinski definition) is 1. The molecule has 0 fully saturated rings. The van der Waals surface area contributed by atoms with Gasteiger partial charge in [0, 0.05) is 17.1 Å². The fourth-order valence-electron chi connectivity index (χ4n) is 2.74. The number of ketones is 1. The number of fused-ring (bicyclic) bond motifs is 1. The summed E-state index contributed by atoms with van der Waals surface area (Å²) in [7, 11) is 1.92. The van der Waals surface area contributed by atoms with Crippen LogP contribution in [0.1, 0.15) is 10.4 Å². The van der Waals surface area contributed by atoms with Crippen LogP contribution in [0.2, 0.25) is 0 Å². The standard InChI is InChI=1S/C18H18BrN3O2/c1-21-15-4-2-3-5-16(15)22(18(21)20-10-11-23)12-17(24)13-6-8-14(19)9-7-13/h2-9,23H,10-12H2,1H3/b20-18-. The number of aliphatic hydroxyl groups is 1. The van der Waals surface area contributed by atoms with Gasteiger partial charge in [-0.3, -0.25) is 4.79 Å². The molecule has 6 heteroatoms. The van der Waals surface area contributed by atoms with Crippen molar-refractivity contribution in [2.24, 2.45) is 12.0 Å². The maximum absolute atomic E-state index is 12.7. The van der Waals surface area contributed by atoms with E-state index in [1.807, 2.05) is 64.7 Å². The molecule has 0 unspecified atom stereocenters. The van der Waals surface area contributed by atoms with E-state index in [1.54, 1.807) is 0 Å². The van der Waals surface area contributed by atoms with Crippen LogP contribution in [-0.2, 0) is 13.6 Å². The van der Waals surface area contributed by atoms with Gasteiger partial charge in [0.15, 0.2) is 5.78 Å². The van der Waals surface area contributed by atoms with Crippen LogP contribution < -0.4 is 5.62 Å². The van der Waals surface area contributed by atoms with Crippen LogP contribution in [0.5, 0.6) is 0 Å². The van der Waals surface area contributed by atoms with Crippen molar-refractivity contribution >= 4 is 32.7 Å². The summed E-state index contributed by atoms with van der Waals surface area (Å²) in [6.07, 6.45) is 0. The molecule has 0 aliphatic rings. The topological polar surface area (TPSA) is 59.5 Å². The monoisotopic (exact) mass is 387 g/mol. The largest absolute Gasteiger partial charge is 0.394 e. The molecular formula is C18H18BrN3O2. The van der Waals surface area contributed by atoms with Crippen LogP contribution in [-0.4, -0.2) is 33.2 Å². The van der Waals surface area contributed by atoms with Crippen LogP contribution >= 0.6 is 15.9 Å². The second-order valence-corrected chi connectivity index (χ2v) is 6.38. The number of Topliss-reactive ketones (excluding diaryl/α,β-unsaturated/α-hetero) is 1. The molecule has 0 saturated carbocycles. The van der Waals surface area contributed by atoms with E-state index in [-0.39, 0.29) is 18.9 Å². The summed E-state index contributed by atoms with van der Waals surface area (Å²) in [4.78, 5) is 17.1. The Hall–Kier alpha value is -2.18. The number of imidazole rings is 1. The Morgan fingerprint density at radius 2 is 1.79 bits per heavy atom. The number of benzene rings is 2. The fourth-order valence-corrected chi connectivity index (χ4v) is 3.00. The van der Waals surface area contributed by atoms with Crippen LogP contribution in [0, 0.1) is 0 Å². The molecule has 0 bridgehead atoms. The second-order valence-electron chi connectivity index (χ2n) is 5.47. The number of aliphatic hydroxyl groups excluding tert-OH is 1. The molecule has 0 radical (unpaired) electrons. The van der Waals surface area contributed by atoms with Crippen molar-refractivity contribution in [3.63, 3.8) is 0 Å². The molecule has 124 valence electrons. The number of aryl methyl sites for hydroxylation is 1. The number of carbonyl (C=O) groups is 1. The van der Waals surface area contributed by atoms with Crippen molar-refractivity contribution in [2.45, 2.75) is 6.54 Å². The van der Waals surface area contributed by atoms with Crippen LogP contribution in [0.15, 0.2) is 58.0 Å². The third-order valence-corrected chi connectivity index (χ3v) is 4.43. The van der Waals surface area contributed by atoms with Gasteiger partial charge in [-0.25, -0.2) is 4.99 Å². The van der Waals surface area contributed by atoms with Gasteiger partial charge in [0.2, 0.25) is 5.62 Å². The van der Waals surface area contributed by atoms with Gasteiger partial charge in [0.1, 0.15) is 0 Å². The lowest BCUT2D eigenvalue weighted by Gasteiger charge is -2.05. The molecule has 5 nitrogen and oxygen atoms in total. The Labute approximate surface area is 148 Å². The Morgan fingerprint density at radius 1 is 1.12 bits per heavy atom. The minimum atomic E-state index is -0.0256. The number of nitrogens with zero attached hydrogens (tertiary/aromatic N) is 3. The number of aromatic nitrogens is 2. The average molecular weight is 388 g/mol. The number of para-hydroxylation sites is 2. The Morgan fingerprint density at radius 3 is 2.46 bits per heavy atom. The predicted molar refractivity (Wildman–Crippen MR) is 96.9 cm³/mol. The molecule has 24 heavy (non-hydrogen) atoms. The molecule has 3 rings (SSSR count). The molecule has 0 spiro atoms. The van der Waals surface area contributed by atoms with Crippen LogP contribution in [0.3, 0.4) is 0 Å². The summed E-state index contributed by atoms with van der Waals surface area (Å²) in [6.45, 7) is 0.478. The molecule has 1 aromatic heterocycles. The molecule has 3 aromatic rings. The van der Waals surface area contributed by atoms with Gasteiger partial charge in [-0.2, -0.15) is 0 Å². The minimum absolute atomic E-state index is 0.0179. The summed E-state index contributed by atoms with van der Waals surface area (Å²) >= 11 is 3.38. The van der Waals surface area contributed by atoms with Gasteiger partial charge in [-0.15, -0.1) is 0 Å². The quantitative estimate of drug-likeness (QED) is 0.683. The Bertz CT molecular complexity index is 939. The smallest absolute Gasteiger partial charge is 0.206 e. The zero-order valence-corrected chi connectivity index (χ0v) is 14.9. The molecule has 0 amide bonds. The molecule has 1 heterocycles. The lowest BCUT2D eigenvalue weighted by atomic mass is 10.1. The highest BCUT2D eigenvalue weighted by atomic mass is 79.9. The van der Waals surface area contributed by atoms with Crippen LogP contribution in [0.25, 0.3) is 11.0 Å². The van der Waals surface area contributed by atoms with Gasteiger partial charge >= 0.3 is 0 Å².